The summed E-state index contributed by atoms with van der Waals surface area (Å²) in [6, 6.07) is 10.9. The van der Waals surface area contributed by atoms with E-state index in [1.807, 2.05) is 13.8 Å². The van der Waals surface area contributed by atoms with Crippen molar-refractivity contribution >= 4 is 39.1 Å². The highest BCUT2D eigenvalue weighted by molar-refractivity contribution is 7.92. The number of sulfonamides is 1. The molecule has 1 atom stereocenters. The van der Waals surface area contributed by atoms with E-state index in [1.54, 1.807) is 36.4 Å². The maximum Gasteiger partial charge on any atom is 0.244 e. The Morgan fingerprint density at radius 1 is 1.11 bits per heavy atom. The van der Waals surface area contributed by atoms with Crippen molar-refractivity contribution in [2.45, 2.75) is 45.7 Å². The molecule has 196 valence electrons. The van der Waals surface area contributed by atoms with E-state index in [1.165, 1.54) is 11.0 Å². The first-order valence-electron chi connectivity index (χ1n) is 11.8. The maximum absolute atomic E-state index is 13.7. The number of unbranched alkanes of at least 4 members (excludes halogenated alkanes) is 1. The summed E-state index contributed by atoms with van der Waals surface area (Å²) in [5.41, 5.74) is 0.912. The quantitative estimate of drug-likeness (QED) is 0.415. The summed E-state index contributed by atoms with van der Waals surface area (Å²) in [5.74, 6) is 0.0628. The van der Waals surface area contributed by atoms with Crippen LogP contribution in [0.4, 0.5) is 5.69 Å². The Kier molecular flexibility index (Phi) is 9.44. The lowest BCUT2D eigenvalue weighted by Gasteiger charge is -2.33. The third-order valence-corrected chi connectivity index (χ3v) is 7.35. The number of rotatable bonds is 12. The maximum atomic E-state index is 13.7. The van der Waals surface area contributed by atoms with E-state index >= 15 is 0 Å². The molecule has 0 radical (unpaired) electrons. The zero-order chi connectivity index (χ0) is 26.3. The number of halogens is 1. The van der Waals surface area contributed by atoms with E-state index in [9.17, 15) is 18.0 Å². The molecule has 1 N–H and O–H groups in total. The molecular weight excluding hydrogens is 506 g/mol. The summed E-state index contributed by atoms with van der Waals surface area (Å²) in [4.78, 5) is 28.1. The van der Waals surface area contributed by atoms with Gasteiger partial charge in [0, 0.05) is 24.2 Å². The van der Waals surface area contributed by atoms with E-state index in [-0.39, 0.29) is 24.9 Å². The molecule has 0 bridgehead atoms. The van der Waals surface area contributed by atoms with Gasteiger partial charge in [-0.05, 0) is 36.6 Å². The highest BCUT2D eigenvalue weighted by atomic mass is 35.5. The fourth-order valence-electron chi connectivity index (χ4n) is 3.89. The van der Waals surface area contributed by atoms with Crippen molar-refractivity contribution in [3.05, 3.63) is 53.1 Å². The summed E-state index contributed by atoms with van der Waals surface area (Å²) in [6.45, 7) is 3.91. The number of amides is 2. The second-order valence-electron chi connectivity index (χ2n) is 8.49. The number of hydrogen-bond acceptors (Lipinski definition) is 6. The van der Waals surface area contributed by atoms with Crippen molar-refractivity contribution in [3.8, 4) is 11.5 Å². The molecule has 0 aromatic heterocycles. The van der Waals surface area contributed by atoms with Crippen LogP contribution in [0.25, 0.3) is 0 Å². The van der Waals surface area contributed by atoms with E-state index in [4.69, 9.17) is 21.1 Å². The summed E-state index contributed by atoms with van der Waals surface area (Å²) in [5, 5.41) is 3.34. The molecule has 0 aliphatic carbocycles. The fourth-order valence-corrected chi connectivity index (χ4v) is 4.93. The lowest BCUT2D eigenvalue weighted by atomic mass is 10.1. The Balaban J connectivity index is 1.93. The second kappa shape index (κ2) is 12.3. The molecule has 3 rings (SSSR count). The van der Waals surface area contributed by atoms with E-state index in [2.05, 4.69) is 5.32 Å². The molecule has 1 aliphatic rings. The topological polar surface area (TPSA) is 105 Å². The minimum atomic E-state index is -3.85. The minimum Gasteiger partial charge on any atom is -0.454 e. The first kappa shape index (κ1) is 27.6. The van der Waals surface area contributed by atoms with Gasteiger partial charge in [-0.25, -0.2) is 8.42 Å². The standard InChI is InChI=1S/C25H32ClN3O6S/c1-4-6-13-27-25(31)21(5-2)28(15-18-9-7-8-10-20(18)26)24(30)16-29(36(3,32)33)19-11-12-22-23(14-19)35-17-34-22/h7-12,14,21H,4-6,13,15-17H2,1-3H3,(H,27,31)/t21-/m1/s1. The van der Waals surface area contributed by atoms with E-state index in [0.717, 1.165) is 23.4 Å². The Hall–Kier alpha value is -2.98. The minimum absolute atomic E-state index is 0.0352. The van der Waals surface area contributed by atoms with Crippen LogP contribution in [-0.2, 0) is 26.2 Å². The Morgan fingerprint density at radius 3 is 2.50 bits per heavy atom. The van der Waals surface area contributed by atoms with Crippen LogP contribution >= 0.6 is 11.6 Å². The summed E-state index contributed by atoms with van der Waals surface area (Å²) >= 11 is 6.36. The number of nitrogens with one attached hydrogen (secondary N) is 1. The van der Waals surface area contributed by atoms with Gasteiger partial charge in [-0.15, -0.1) is 0 Å². The molecule has 2 aromatic rings. The van der Waals surface area contributed by atoms with Crippen LogP contribution < -0.4 is 19.1 Å². The van der Waals surface area contributed by atoms with Gasteiger partial charge < -0.3 is 19.7 Å². The molecule has 0 fully saturated rings. The van der Waals surface area contributed by atoms with Crippen LogP contribution in [0.2, 0.25) is 5.02 Å². The molecule has 0 saturated heterocycles. The molecule has 0 saturated carbocycles. The number of carbonyl (C=O) groups excluding carboxylic acids is 2. The number of ether oxygens (including phenoxy) is 2. The number of carbonyl (C=O) groups is 2. The first-order valence-corrected chi connectivity index (χ1v) is 14.1. The average molecular weight is 538 g/mol. The van der Waals surface area contributed by atoms with Crippen molar-refractivity contribution in [2.75, 3.05) is 30.4 Å². The highest BCUT2D eigenvalue weighted by Gasteiger charge is 2.32. The smallest absolute Gasteiger partial charge is 0.244 e. The van der Waals surface area contributed by atoms with Crippen LogP contribution in [0, 0.1) is 0 Å². The molecule has 2 aromatic carbocycles. The highest BCUT2D eigenvalue weighted by Crippen LogP contribution is 2.36. The average Bonchev–Trinajstić information content (AvgIpc) is 3.31. The van der Waals surface area contributed by atoms with Crippen LogP contribution in [-0.4, -0.2) is 57.3 Å². The van der Waals surface area contributed by atoms with Crippen molar-refractivity contribution in [1.29, 1.82) is 0 Å². The zero-order valence-electron chi connectivity index (χ0n) is 20.7. The largest absolute Gasteiger partial charge is 0.454 e. The summed E-state index contributed by atoms with van der Waals surface area (Å²) < 4.78 is 37.1. The Morgan fingerprint density at radius 2 is 1.83 bits per heavy atom. The van der Waals surface area contributed by atoms with Crippen molar-refractivity contribution < 1.29 is 27.5 Å². The predicted octanol–water partition coefficient (Wildman–Crippen LogP) is 3.56. The SMILES string of the molecule is CCCCNC(=O)[C@@H](CC)N(Cc1ccccc1Cl)C(=O)CN(c1ccc2c(c1)OCO2)S(C)(=O)=O. The lowest BCUT2D eigenvalue weighted by Crippen LogP contribution is -2.52. The Bertz CT molecular complexity index is 1190. The molecule has 2 amide bonds. The number of anilines is 1. The first-order chi connectivity index (χ1) is 17.2. The number of fused-ring (bicyclic) bond motifs is 1. The lowest BCUT2D eigenvalue weighted by molar-refractivity contribution is -0.140. The van der Waals surface area contributed by atoms with Gasteiger partial charge in [0.25, 0.3) is 0 Å². The van der Waals surface area contributed by atoms with Gasteiger partial charge in [0.05, 0.1) is 11.9 Å². The van der Waals surface area contributed by atoms with Crippen LogP contribution in [0.15, 0.2) is 42.5 Å². The van der Waals surface area contributed by atoms with Crippen LogP contribution in [0.1, 0.15) is 38.7 Å². The number of nitrogens with zero attached hydrogens (tertiary/aromatic N) is 2. The predicted molar refractivity (Wildman–Crippen MR) is 139 cm³/mol. The Labute approximate surface area is 217 Å². The fraction of sp³-hybridized carbons (Fsp3) is 0.440. The van der Waals surface area contributed by atoms with Gasteiger partial charge in [0.2, 0.25) is 28.6 Å². The summed E-state index contributed by atoms with van der Waals surface area (Å²) in [6.07, 6.45) is 3.10. The van der Waals surface area contributed by atoms with Gasteiger partial charge in [-0.3, -0.25) is 13.9 Å². The molecule has 0 spiro atoms. The van der Waals surface area contributed by atoms with Gasteiger partial charge in [0.1, 0.15) is 12.6 Å². The molecule has 36 heavy (non-hydrogen) atoms. The van der Waals surface area contributed by atoms with Crippen molar-refractivity contribution in [2.24, 2.45) is 0 Å². The molecule has 1 heterocycles. The third-order valence-electron chi connectivity index (χ3n) is 5.84. The molecule has 0 unspecified atom stereocenters. The van der Waals surface area contributed by atoms with Gasteiger partial charge in [0.15, 0.2) is 11.5 Å². The molecule has 11 heteroatoms. The van der Waals surface area contributed by atoms with E-state index < -0.39 is 28.5 Å². The monoisotopic (exact) mass is 537 g/mol. The molecule has 1 aliphatic heterocycles. The van der Waals surface area contributed by atoms with Crippen LogP contribution in [0.5, 0.6) is 11.5 Å². The second-order valence-corrected chi connectivity index (χ2v) is 10.8. The van der Waals surface area contributed by atoms with E-state index in [0.29, 0.717) is 35.1 Å². The van der Waals surface area contributed by atoms with Gasteiger partial charge >= 0.3 is 0 Å². The van der Waals surface area contributed by atoms with Crippen molar-refractivity contribution in [1.82, 2.24) is 10.2 Å². The van der Waals surface area contributed by atoms with Crippen molar-refractivity contribution in [3.63, 3.8) is 0 Å². The normalized spacial score (nSPS) is 13.2. The zero-order valence-corrected chi connectivity index (χ0v) is 22.3. The number of benzene rings is 2. The summed E-state index contributed by atoms with van der Waals surface area (Å²) in [7, 11) is -3.85. The molecular formula is C25H32ClN3O6S. The van der Waals surface area contributed by atoms with Gasteiger partial charge in [-0.2, -0.15) is 0 Å². The third kappa shape index (κ3) is 6.82. The molecule has 9 nitrogen and oxygen atoms in total. The van der Waals surface area contributed by atoms with Crippen LogP contribution in [0.3, 0.4) is 0 Å². The number of hydrogen-bond donors (Lipinski definition) is 1. The van der Waals surface area contributed by atoms with Gasteiger partial charge in [-0.1, -0.05) is 50.1 Å².